The van der Waals surface area contributed by atoms with E-state index in [1.54, 1.807) is 36.4 Å². The smallest absolute Gasteiger partial charge is 0.357 e. The summed E-state index contributed by atoms with van der Waals surface area (Å²) < 4.78 is 10.5. The van der Waals surface area contributed by atoms with E-state index in [0.29, 0.717) is 17.7 Å². The van der Waals surface area contributed by atoms with Gasteiger partial charge in [-0.1, -0.05) is 24.3 Å². The van der Waals surface area contributed by atoms with Gasteiger partial charge in [0.15, 0.2) is 14.3 Å². The third-order valence-electron chi connectivity index (χ3n) is 4.97. The summed E-state index contributed by atoms with van der Waals surface area (Å²) in [5.41, 5.74) is 1.85. The standard InChI is InChI=1S/C28H20I2O5.2Y/c31-27(32)20-3-1-5-24(17-20)29-22-9-7-19(8-10-22)15-16-35-26-13-11-23(12-14-26)30-25-6-2-4-21(18-25)28(33)34;;/h1-14,17-18H,15-16H2;;/p+2. The van der Waals surface area contributed by atoms with Gasteiger partial charge in [0.05, 0.1) is 17.7 Å². The molecule has 0 aliphatic rings. The first-order chi connectivity index (χ1) is 17.0. The number of aromatic carboxylic acids is 2. The van der Waals surface area contributed by atoms with Gasteiger partial charge in [-0.05, 0) is 66.2 Å². The molecule has 0 aliphatic carbocycles. The number of benzene rings is 4. The Balaban J connectivity index is 0.00000241. The van der Waals surface area contributed by atoms with E-state index in [-0.39, 0.29) is 65.4 Å². The van der Waals surface area contributed by atoms with Crippen molar-refractivity contribution in [3.8, 4) is 5.75 Å². The molecule has 0 fully saturated rings. The van der Waals surface area contributed by atoms with Crippen LogP contribution in [0.25, 0.3) is 0 Å². The van der Waals surface area contributed by atoms with Crippen molar-refractivity contribution in [2.45, 2.75) is 6.42 Å². The Morgan fingerprint density at radius 2 is 1.08 bits per heavy atom. The minimum absolute atomic E-state index is 0. The summed E-state index contributed by atoms with van der Waals surface area (Å²) in [5.74, 6) is -0.979. The zero-order valence-electron chi connectivity index (χ0n) is 19.7. The number of rotatable bonds is 10. The molecule has 0 atom stereocenters. The number of carboxylic acids is 2. The Morgan fingerprint density at radius 1 is 0.622 bits per heavy atom. The molecule has 4 aromatic rings. The molecule has 2 N–H and O–H groups in total. The molecule has 0 heterocycles. The fourth-order valence-corrected chi connectivity index (χ4v) is 7.84. The van der Waals surface area contributed by atoms with Gasteiger partial charge in [0.2, 0.25) is 0 Å². The minimum atomic E-state index is -0.901. The largest absolute Gasteiger partial charge is 0.493 e. The average molecular weight is 870 g/mol. The monoisotopic (exact) mass is 870 g/mol. The van der Waals surface area contributed by atoms with Crippen LogP contribution in [-0.2, 0) is 71.8 Å². The predicted octanol–water partition coefficient (Wildman–Crippen LogP) is -1.04. The molecule has 2 radical (unpaired) electrons. The Labute approximate surface area is 287 Å². The van der Waals surface area contributed by atoms with Crippen LogP contribution in [0.2, 0.25) is 0 Å². The summed E-state index contributed by atoms with van der Waals surface area (Å²) in [5, 5.41) is 18.3. The maximum Gasteiger partial charge on any atom is 0.357 e. The van der Waals surface area contributed by atoms with Gasteiger partial charge in [-0.25, -0.2) is 9.59 Å². The minimum Gasteiger partial charge on any atom is -0.493 e. The van der Waals surface area contributed by atoms with Crippen molar-refractivity contribution < 1.29 is 132 Å². The zero-order chi connectivity index (χ0) is 24.6. The predicted molar refractivity (Wildman–Crippen MR) is 124 cm³/mol. The third kappa shape index (κ3) is 10.4. The summed E-state index contributed by atoms with van der Waals surface area (Å²) in [7, 11) is 0. The van der Waals surface area contributed by atoms with Crippen molar-refractivity contribution in [1.29, 1.82) is 0 Å². The van der Waals surface area contributed by atoms with Crippen LogP contribution in [0.4, 0.5) is 0 Å². The molecule has 9 heteroatoms. The molecule has 0 saturated carbocycles. The van der Waals surface area contributed by atoms with E-state index >= 15 is 0 Å². The van der Waals surface area contributed by atoms with Crippen LogP contribution < -0.4 is 47.1 Å². The van der Waals surface area contributed by atoms with E-state index in [4.69, 9.17) is 14.9 Å². The molecule has 0 spiro atoms. The topological polar surface area (TPSA) is 83.8 Å². The van der Waals surface area contributed by atoms with Crippen molar-refractivity contribution >= 4 is 11.9 Å². The summed E-state index contributed by atoms with van der Waals surface area (Å²) in [6, 6.07) is 30.8. The molecule has 0 saturated heterocycles. The molecule has 4 aromatic carbocycles. The molecule has 0 amide bonds. The molecular weight excluding hydrogens is 848 g/mol. The number of ether oxygens (including phenoxy) is 1. The summed E-state index contributed by atoms with van der Waals surface area (Å²) in [6.07, 6.45) is 0.795. The second-order valence-corrected chi connectivity index (χ2v) is 13.6. The molecule has 4 rings (SSSR count). The summed E-state index contributed by atoms with van der Waals surface area (Å²) in [6.45, 7) is 0.574. The zero-order valence-corrected chi connectivity index (χ0v) is 29.7. The number of carbonyl (C=O) groups is 2. The molecule has 0 unspecified atom stereocenters. The normalized spacial score (nSPS) is 10.1. The maximum atomic E-state index is 11.2. The SMILES string of the molecule is O=C(O)c1cccc([I+]c2ccc(CCOc3ccc([I+]c4cccc(C(=O)O)c4)cc3)cc2)c1.[Y].[Y]. The average Bonchev–Trinajstić information content (AvgIpc) is 2.86. The van der Waals surface area contributed by atoms with Gasteiger partial charge in [-0.3, -0.25) is 0 Å². The fourth-order valence-electron chi connectivity index (χ4n) is 3.21. The van der Waals surface area contributed by atoms with Crippen LogP contribution in [-0.4, -0.2) is 28.8 Å². The molecule has 37 heavy (non-hydrogen) atoms. The van der Waals surface area contributed by atoms with Crippen LogP contribution in [0.1, 0.15) is 26.3 Å². The van der Waals surface area contributed by atoms with Crippen LogP contribution in [0.3, 0.4) is 0 Å². The first-order valence-corrected chi connectivity index (χ1v) is 15.1. The second kappa shape index (κ2) is 16.4. The van der Waals surface area contributed by atoms with E-state index in [9.17, 15) is 9.59 Å². The first kappa shape index (κ1) is 32.5. The van der Waals surface area contributed by atoms with Gasteiger partial charge in [0.1, 0.15) is 5.75 Å². The van der Waals surface area contributed by atoms with Gasteiger partial charge >= 0.3 is 54.3 Å². The Morgan fingerprint density at radius 3 is 1.54 bits per heavy atom. The van der Waals surface area contributed by atoms with Crippen molar-refractivity contribution in [2.24, 2.45) is 0 Å². The molecule has 0 aliphatic heterocycles. The Bertz CT molecular complexity index is 1230. The molecule has 5 nitrogen and oxygen atoms in total. The van der Waals surface area contributed by atoms with E-state index in [0.717, 1.165) is 19.3 Å². The Kier molecular flexibility index (Phi) is 14.4. The van der Waals surface area contributed by atoms with Gasteiger partial charge < -0.3 is 14.9 Å². The van der Waals surface area contributed by atoms with E-state index in [1.165, 1.54) is 12.7 Å². The fraction of sp³-hybridized carbons (Fsp3) is 0.0714. The number of hydrogen-bond donors (Lipinski definition) is 2. The first-order valence-electron chi connectivity index (χ1n) is 10.7. The van der Waals surface area contributed by atoms with E-state index in [2.05, 4.69) is 24.3 Å². The molecule has 0 bridgehead atoms. The number of carboxylic acid groups (broad SMARTS) is 2. The number of hydrogen-bond acceptors (Lipinski definition) is 3. The number of halogens is 2. The Hall–Kier alpha value is -0.712. The van der Waals surface area contributed by atoms with Gasteiger partial charge in [0.25, 0.3) is 0 Å². The summed E-state index contributed by atoms with van der Waals surface area (Å²) >= 11 is -0.875. The van der Waals surface area contributed by atoms with Gasteiger partial charge in [0, 0.05) is 84.0 Å². The third-order valence-corrected chi connectivity index (χ3v) is 10.2. The molecular formula is C28H22I2O5Y2+2. The van der Waals surface area contributed by atoms with E-state index in [1.807, 2.05) is 36.4 Å². The van der Waals surface area contributed by atoms with Gasteiger partial charge in [-0.15, -0.1) is 0 Å². The van der Waals surface area contributed by atoms with Crippen molar-refractivity contribution in [3.63, 3.8) is 0 Å². The van der Waals surface area contributed by atoms with Crippen LogP contribution in [0.15, 0.2) is 97.1 Å². The van der Waals surface area contributed by atoms with E-state index < -0.39 is 54.3 Å². The molecule has 0 aromatic heterocycles. The van der Waals surface area contributed by atoms with Crippen LogP contribution >= 0.6 is 0 Å². The quantitative estimate of drug-likeness (QED) is 0.199. The van der Waals surface area contributed by atoms with Crippen molar-refractivity contribution in [2.75, 3.05) is 6.61 Å². The van der Waals surface area contributed by atoms with Crippen LogP contribution in [0, 0.1) is 14.3 Å². The van der Waals surface area contributed by atoms with Crippen molar-refractivity contribution in [1.82, 2.24) is 0 Å². The second-order valence-electron chi connectivity index (χ2n) is 7.50. The molecule has 182 valence electrons. The van der Waals surface area contributed by atoms with Crippen molar-refractivity contribution in [3.05, 3.63) is 128 Å². The summed E-state index contributed by atoms with van der Waals surface area (Å²) in [4.78, 5) is 22.3. The van der Waals surface area contributed by atoms with Gasteiger partial charge in [-0.2, -0.15) is 0 Å². The van der Waals surface area contributed by atoms with Crippen LogP contribution in [0.5, 0.6) is 5.75 Å². The maximum absolute atomic E-state index is 11.2.